The van der Waals surface area contributed by atoms with E-state index in [0.29, 0.717) is 6.42 Å². The van der Waals surface area contributed by atoms with Crippen LogP contribution in [0.25, 0.3) is 0 Å². The van der Waals surface area contributed by atoms with Crippen molar-refractivity contribution in [3.8, 4) is 0 Å². The highest BCUT2D eigenvalue weighted by atomic mass is 16.5. The number of hydrogen-bond acceptors (Lipinski definition) is 3. The van der Waals surface area contributed by atoms with Gasteiger partial charge in [0.25, 0.3) is 0 Å². The molecule has 2 aliphatic rings. The van der Waals surface area contributed by atoms with Crippen LogP contribution in [-0.4, -0.2) is 36.6 Å². The topological polar surface area (TPSA) is 29.5 Å². The van der Waals surface area contributed by atoms with Gasteiger partial charge in [0.2, 0.25) is 0 Å². The predicted octanol–water partition coefficient (Wildman–Crippen LogP) is 11.0. The first kappa shape index (κ1) is 34.6. The Hall–Kier alpha value is -0.570. The van der Waals surface area contributed by atoms with Crippen molar-refractivity contribution in [3.05, 3.63) is 0 Å². The Morgan fingerprint density at radius 1 is 0.641 bits per heavy atom. The van der Waals surface area contributed by atoms with E-state index in [4.69, 9.17) is 4.74 Å². The van der Waals surface area contributed by atoms with E-state index in [0.717, 1.165) is 44.3 Å². The van der Waals surface area contributed by atoms with E-state index in [9.17, 15) is 4.79 Å². The Kier molecular flexibility index (Phi) is 21.4. The number of carbonyl (C=O) groups is 1. The van der Waals surface area contributed by atoms with Gasteiger partial charge >= 0.3 is 5.97 Å². The molecule has 2 rings (SSSR count). The summed E-state index contributed by atoms with van der Waals surface area (Å²) in [7, 11) is 0. The van der Waals surface area contributed by atoms with Crippen LogP contribution in [0.1, 0.15) is 187 Å². The maximum atomic E-state index is 12.6. The van der Waals surface area contributed by atoms with E-state index in [1.54, 1.807) is 0 Å². The van der Waals surface area contributed by atoms with Crippen LogP contribution >= 0.6 is 0 Å². The third-order valence-electron chi connectivity index (χ3n) is 9.61. The lowest BCUT2D eigenvalue weighted by atomic mass is 10.0. The fourth-order valence-corrected chi connectivity index (χ4v) is 6.78. The van der Waals surface area contributed by atoms with Crippen molar-refractivity contribution >= 4 is 5.97 Å². The zero-order chi connectivity index (χ0) is 27.8. The molecule has 0 amide bonds. The normalized spacial score (nSPS) is 20.3. The summed E-state index contributed by atoms with van der Waals surface area (Å²) in [5, 5.41) is 0. The minimum atomic E-state index is 0.0495. The molecule has 3 nitrogen and oxygen atoms in total. The van der Waals surface area contributed by atoms with Crippen LogP contribution in [0, 0.1) is 11.8 Å². The quantitative estimate of drug-likeness (QED) is 0.0756. The Labute approximate surface area is 245 Å². The molecule has 3 atom stereocenters. The second kappa shape index (κ2) is 24.1. The zero-order valence-corrected chi connectivity index (χ0v) is 26.7. The molecule has 0 aromatic rings. The number of rotatable bonds is 27. The van der Waals surface area contributed by atoms with Crippen LogP contribution in [0.5, 0.6) is 0 Å². The molecule has 0 spiro atoms. The smallest absolute Gasteiger partial charge is 0.307 e. The highest BCUT2D eigenvalue weighted by Gasteiger charge is 2.35. The molecular weight excluding hydrogens is 478 g/mol. The van der Waals surface area contributed by atoms with E-state index in [2.05, 4.69) is 18.7 Å². The number of esters is 1. The molecule has 0 unspecified atom stereocenters. The molecule has 0 bridgehead atoms. The second-order valence-corrected chi connectivity index (χ2v) is 13.3. The van der Waals surface area contributed by atoms with E-state index in [-0.39, 0.29) is 12.1 Å². The first-order valence-electron chi connectivity index (χ1n) is 18.1. The molecule has 39 heavy (non-hydrogen) atoms. The van der Waals surface area contributed by atoms with Gasteiger partial charge in [-0.15, -0.1) is 0 Å². The third-order valence-corrected chi connectivity index (χ3v) is 9.61. The summed E-state index contributed by atoms with van der Waals surface area (Å²) in [4.78, 5) is 15.1. The van der Waals surface area contributed by atoms with Crippen LogP contribution in [0.4, 0.5) is 0 Å². The Morgan fingerprint density at radius 2 is 1.10 bits per heavy atom. The van der Waals surface area contributed by atoms with Crippen molar-refractivity contribution in [3.63, 3.8) is 0 Å². The maximum Gasteiger partial charge on any atom is 0.307 e. The average molecular weight is 548 g/mol. The summed E-state index contributed by atoms with van der Waals surface area (Å²) >= 11 is 0. The summed E-state index contributed by atoms with van der Waals surface area (Å²) in [6, 6.07) is 0. The van der Waals surface area contributed by atoms with Gasteiger partial charge in [-0.2, -0.15) is 0 Å². The molecule has 1 aliphatic carbocycles. The fraction of sp³-hybridized carbons (Fsp3) is 0.972. The van der Waals surface area contributed by atoms with Crippen LogP contribution < -0.4 is 0 Å². The average Bonchev–Trinajstić information content (AvgIpc) is 3.71. The number of carbonyl (C=O) groups excluding carboxylic acids is 1. The fourth-order valence-electron chi connectivity index (χ4n) is 6.78. The van der Waals surface area contributed by atoms with Gasteiger partial charge in [-0.05, 0) is 69.9 Å². The van der Waals surface area contributed by atoms with Crippen LogP contribution in [0.3, 0.4) is 0 Å². The first-order chi connectivity index (χ1) is 19.2. The van der Waals surface area contributed by atoms with Crippen LogP contribution in [0.2, 0.25) is 0 Å². The van der Waals surface area contributed by atoms with Crippen molar-refractivity contribution in [1.82, 2.24) is 4.90 Å². The number of likely N-dealkylation sites (tertiary alicyclic amines) is 1. The first-order valence-corrected chi connectivity index (χ1v) is 18.1. The summed E-state index contributed by atoms with van der Waals surface area (Å²) in [5.74, 6) is 2.19. The summed E-state index contributed by atoms with van der Waals surface area (Å²) in [6.07, 6.45) is 36.0. The minimum absolute atomic E-state index is 0.0495. The number of unbranched alkanes of at least 4 members (excludes halogenated alkanes) is 15. The number of ether oxygens (including phenoxy) is 1. The molecule has 1 aliphatic heterocycles. The zero-order valence-electron chi connectivity index (χ0n) is 26.7. The van der Waals surface area contributed by atoms with E-state index < -0.39 is 0 Å². The molecular formula is C36H69NO2. The SMILES string of the molecule is CCCCCCCCC[C@H](CCCCCCC[C@H]1C[C@H]1CCCCCCCC)OC(=O)CCN1CCCCC1. The molecule has 1 saturated heterocycles. The molecule has 0 aromatic heterocycles. The largest absolute Gasteiger partial charge is 0.462 e. The monoisotopic (exact) mass is 548 g/mol. The van der Waals surface area contributed by atoms with E-state index in [1.165, 1.54) is 154 Å². The van der Waals surface area contributed by atoms with Crippen LogP contribution in [-0.2, 0) is 9.53 Å². The number of nitrogens with zero attached hydrogens (tertiary/aromatic N) is 1. The Bertz CT molecular complexity index is 558. The molecule has 2 fully saturated rings. The summed E-state index contributed by atoms with van der Waals surface area (Å²) in [5.41, 5.74) is 0. The van der Waals surface area contributed by atoms with Crippen molar-refractivity contribution < 1.29 is 9.53 Å². The Morgan fingerprint density at radius 3 is 1.62 bits per heavy atom. The lowest BCUT2D eigenvalue weighted by Crippen LogP contribution is -2.32. The van der Waals surface area contributed by atoms with Gasteiger partial charge in [-0.3, -0.25) is 4.79 Å². The summed E-state index contributed by atoms with van der Waals surface area (Å²) < 4.78 is 6.06. The highest BCUT2D eigenvalue weighted by Crippen LogP contribution is 2.45. The number of piperidine rings is 1. The maximum absolute atomic E-state index is 12.6. The van der Waals surface area contributed by atoms with E-state index in [1.807, 2.05) is 0 Å². The van der Waals surface area contributed by atoms with Gasteiger partial charge < -0.3 is 9.64 Å². The molecule has 3 heteroatoms. The van der Waals surface area contributed by atoms with Crippen molar-refractivity contribution in [1.29, 1.82) is 0 Å². The third kappa shape index (κ3) is 19.2. The lowest BCUT2D eigenvalue weighted by molar-refractivity contribution is -0.150. The van der Waals surface area contributed by atoms with Gasteiger partial charge in [0.1, 0.15) is 6.10 Å². The van der Waals surface area contributed by atoms with Crippen molar-refractivity contribution in [2.45, 2.75) is 193 Å². The second-order valence-electron chi connectivity index (χ2n) is 13.3. The minimum Gasteiger partial charge on any atom is -0.462 e. The molecule has 0 aromatic carbocycles. The van der Waals surface area contributed by atoms with Crippen molar-refractivity contribution in [2.24, 2.45) is 11.8 Å². The van der Waals surface area contributed by atoms with Crippen LogP contribution in [0.15, 0.2) is 0 Å². The molecule has 0 N–H and O–H groups in total. The van der Waals surface area contributed by atoms with Gasteiger partial charge in [0.05, 0.1) is 6.42 Å². The van der Waals surface area contributed by atoms with Gasteiger partial charge in [-0.25, -0.2) is 0 Å². The molecule has 1 saturated carbocycles. The summed E-state index contributed by atoms with van der Waals surface area (Å²) in [6.45, 7) is 7.80. The molecule has 230 valence electrons. The van der Waals surface area contributed by atoms with Gasteiger partial charge in [0.15, 0.2) is 0 Å². The Balaban J connectivity index is 1.51. The van der Waals surface area contributed by atoms with E-state index >= 15 is 0 Å². The van der Waals surface area contributed by atoms with Gasteiger partial charge in [0, 0.05) is 6.54 Å². The predicted molar refractivity (Wildman–Crippen MR) is 169 cm³/mol. The van der Waals surface area contributed by atoms with Gasteiger partial charge in [-0.1, -0.05) is 136 Å². The highest BCUT2D eigenvalue weighted by molar-refractivity contribution is 5.69. The lowest BCUT2D eigenvalue weighted by Gasteiger charge is -2.26. The molecule has 1 heterocycles. The number of hydrogen-bond donors (Lipinski definition) is 0. The van der Waals surface area contributed by atoms with Crippen molar-refractivity contribution in [2.75, 3.05) is 19.6 Å². The standard InChI is InChI=1S/C36H69NO2/c1-3-5-7-9-11-15-20-26-35(39-36(38)28-31-37-29-22-17-23-30-37)27-21-16-12-14-19-25-34-32-33(34)24-18-13-10-8-6-4-2/h33-35H,3-32H2,1-2H3/t33-,34+,35-/m1/s1. The molecule has 0 radical (unpaired) electrons.